The molecule has 4 rings (SSSR count). The average Bonchev–Trinajstić information content (AvgIpc) is 3.25. The Morgan fingerprint density at radius 3 is 2.42 bits per heavy atom. The molecular weight excluding hydrogens is 457 g/mol. The second kappa shape index (κ2) is 9.04. The highest BCUT2D eigenvalue weighted by Gasteiger charge is 2.28. The molecule has 0 spiro atoms. The van der Waals surface area contributed by atoms with Gasteiger partial charge in [0.1, 0.15) is 15.8 Å². The number of nitrogens with one attached hydrogen (secondary N) is 1. The molecule has 1 saturated heterocycles. The van der Waals surface area contributed by atoms with Gasteiger partial charge in [-0.3, -0.25) is 9.59 Å². The van der Waals surface area contributed by atoms with Gasteiger partial charge in [0.25, 0.3) is 11.8 Å². The molecular formula is C22H21Cl2N3O3S. The molecule has 9 heteroatoms. The fraction of sp³-hybridized carbons (Fsp3) is 0.273. The summed E-state index contributed by atoms with van der Waals surface area (Å²) < 4.78 is 6.90. The Balaban J connectivity index is 1.75. The first-order valence-electron chi connectivity index (χ1n) is 9.76. The van der Waals surface area contributed by atoms with Crippen LogP contribution in [0.25, 0.3) is 10.4 Å². The second-order valence-electron chi connectivity index (χ2n) is 7.21. The van der Waals surface area contributed by atoms with Crippen LogP contribution < -0.4 is 5.32 Å². The molecule has 0 saturated carbocycles. The minimum atomic E-state index is -0.381. The zero-order chi connectivity index (χ0) is 22.1. The Bertz CT molecular complexity index is 1130. The molecule has 1 aromatic carbocycles. The van der Waals surface area contributed by atoms with Crippen molar-refractivity contribution in [3.8, 4) is 10.4 Å². The number of carbonyl (C=O) groups excluding carboxylic acids is 2. The minimum absolute atomic E-state index is 0.113. The highest BCUT2D eigenvalue weighted by atomic mass is 35.5. The van der Waals surface area contributed by atoms with E-state index in [9.17, 15) is 9.59 Å². The number of halogens is 2. The van der Waals surface area contributed by atoms with E-state index in [-0.39, 0.29) is 17.0 Å². The summed E-state index contributed by atoms with van der Waals surface area (Å²) in [5, 5.41) is 4.01. The van der Waals surface area contributed by atoms with Gasteiger partial charge in [-0.2, -0.15) is 0 Å². The lowest BCUT2D eigenvalue weighted by atomic mass is 10.1. The zero-order valence-corrected chi connectivity index (χ0v) is 19.4. The van der Waals surface area contributed by atoms with Gasteiger partial charge in [0, 0.05) is 25.0 Å². The summed E-state index contributed by atoms with van der Waals surface area (Å²) in [4.78, 5) is 29.1. The largest absolute Gasteiger partial charge is 0.378 e. The second-order valence-corrected chi connectivity index (χ2v) is 9.00. The molecule has 2 aromatic heterocycles. The smallest absolute Gasteiger partial charge is 0.272 e. The predicted octanol–water partition coefficient (Wildman–Crippen LogP) is 5.09. The number of benzene rings is 1. The van der Waals surface area contributed by atoms with Crippen molar-refractivity contribution in [3.05, 3.63) is 63.4 Å². The van der Waals surface area contributed by atoms with Crippen molar-refractivity contribution in [1.82, 2.24) is 9.47 Å². The first-order chi connectivity index (χ1) is 14.9. The van der Waals surface area contributed by atoms with E-state index in [1.807, 2.05) is 37.3 Å². The molecule has 1 aliphatic rings. The van der Waals surface area contributed by atoms with Crippen LogP contribution in [0.15, 0.2) is 36.4 Å². The molecule has 0 radical (unpaired) electrons. The molecule has 6 nitrogen and oxygen atoms in total. The third kappa shape index (κ3) is 4.23. The molecule has 1 N–H and O–H groups in total. The van der Waals surface area contributed by atoms with Gasteiger partial charge in [0.15, 0.2) is 0 Å². The average molecular weight is 478 g/mol. The summed E-state index contributed by atoms with van der Waals surface area (Å²) in [5.74, 6) is -0.495. The summed E-state index contributed by atoms with van der Waals surface area (Å²) >= 11 is 13.6. The maximum Gasteiger partial charge on any atom is 0.272 e. The number of morpholine rings is 1. The monoisotopic (exact) mass is 477 g/mol. The van der Waals surface area contributed by atoms with Gasteiger partial charge in [0.2, 0.25) is 0 Å². The zero-order valence-electron chi connectivity index (χ0n) is 17.1. The Labute approximate surface area is 194 Å². The minimum Gasteiger partial charge on any atom is -0.378 e. The number of hydrogen-bond acceptors (Lipinski definition) is 4. The first kappa shape index (κ1) is 21.9. The van der Waals surface area contributed by atoms with E-state index >= 15 is 0 Å². The van der Waals surface area contributed by atoms with Gasteiger partial charge in [0.05, 0.1) is 23.8 Å². The molecule has 2 amide bonds. The Kier molecular flexibility index (Phi) is 6.39. The van der Waals surface area contributed by atoms with Crippen LogP contribution in [0, 0.1) is 6.92 Å². The van der Waals surface area contributed by atoms with Crippen molar-refractivity contribution in [2.45, 2.75) is 6.92 Å². The lowest BCUT2D eigenvalue weighted by molar-refractivity contribution is 0.0303. The summed E-state index contributed by atoms with van der Waals surface area (Å²) in [5.41, 5.74) is 2.65. The topological polar surface area (TPSA) is 63.6 Å². The van der Waals surface area contributed by atoms with E-state index in [0.717, 1.165) is 16.0 Å². The van der Waals surface area contributed by atoms with E-state index < -0.39 is 0 Å². The van der Waals surface area contributed by atoms with Crippen molar-refractivity contribution >= 4 is 51.4 Å². The standard InChI is InChI=1S/C22H21Cl2N3O3S/c1-13-17(22(29)27-8-10-30-11-9-27)21(31-18(13)14-6-4-3-5-7-14)25-20(28)16-12-15(23)19(24)26(16)2/h3-7,12H,8-11H2,1-2H3,(H,25,28). The highest BCUT2D eigenvalue weighted by molar-refractivity contribution is 7.20. The number of carbonyl (C=O) groups is 2. The van der Waals surface area contributed by atoms with Gasteiger partial charge >= 0.3 is 0 Å². The summed E-state index contributed by atoms with van der Waals surface area (Å²) in [6.45, 7) is 3.96. The number of hydrogen-bond donors (Lipinski definition) is 1. The number of anilines is 1. The molecule has 0 atom stereocenters. The van der Waals surface area contributed by atoms with Crippen molar-refractivity contribution < 1.29 is 14.3 Å². The van der Waals surface area contributed by atoms with E-state index in [1.165, 1.54) is 22.0 Å². The van der Waals surface area contributed by atoms with E-state index in [2.05, 4.69) is 5.32 Å². The molecule has 0 bridgehead atoms. The summed E-state index contributed by atoms with van der Waals surface area (Å²) in [6, 6.07) is 11.3. The SMILES string of the molecule is Cc1c(-c2ccccc2)sc(NC(=O)c2cc(Cl)c(Cl)n2C)c1C(=O)N1CCOCC1. The van der Waals surface area contributed by atoms with Gasteiger partial charge in [-0.05, 0) is 24.1 Å². The van der Waals surface area contributed by atoms with Crippen LogP contribution in [0.1, 0.15) is 26.4 Å². The van der Waals surface area contributed by atoms with Crippen LogP contribution in [0.4, 0.5) is 5.00 Å². The van der Waals surface area contributed by atoms with Crippen molar-refractivity contribution in [2.24, 2.45) is 7.05 Å². The summed E-state index contributed by atoms with van der Waals surface area (Å²) in [7, 11) is 1.66. The fourth-order valence-corrected chi connectivity index (χ4v) is 5.15. The van der Waals surface area contributed by atoms with Crippen molar-refractivity contribution in [2.75, 3.05) is 31.6 Å². The lowest BCUT2D eigenvalue weighted by Crippen LogP contribution is -2.41. The van der Waals surface area contributed by atoms with Gasteiger partial charge < -0.3 is 19.5 Å². The van der Waals surface area contributed by atoms with Crippen LogP contribution in [-0.2, 0) is 11.8 Å². The van der Waals surface area contributed by atoms with Gasteiger partial charge in [-0.15, -0.1) is 11.3 Å². The molecule has 1 aliphatic heterocycles. The molecule has 3 aromatic rings. The van der Waals surface area contributed by atoms with E-state index in [4.69, 9.17) is 27.9 Å². The Morgan fingerprint density at radius 1 is 1.13 bits per heavy atom. The van der Waals surface area contributed by atoms with Crippen LogP contribution >= 0.6 is 34.5 Å². The number of ether oxygens (including phenoxy) is 1. The number of aromatic nitrogens is 1. The number of nitrogens with zero attached hydrogens (tertiary/aromatic N) is 2. The van der Waals surface area contributed by atoms with Crippen LogP contribution in [0.2, 0.25) is 10.2 Å². The molecule has 31 heavy (non-hydrogen) atoms. The van der Waals surface area contributed by atoms with E-state index in [0.29, 0.717) is 47.6 Å². The molecule has 162 valence electrons. The Morgan fingerprint density at radius 2 is 1.81 bits per heavy atom. The normalized spacial score (nSPS) is 14.0. The third-order valence-corrected chi connectivity index (χ3v) is 7.37. The van der Waals surface area contributed by atoms with Crippen molar-refractivity contribution in [1.29, 1.82) is 0 Å². The fourth-order valence-electron chi connectivity index (χ4n) is 3.58. The quantitative estimate of drug-likeness (QED) is 0.568. The van der Waals surface area contributed by atoms with Gasteiger partial charge in [-0.1, -0.05) is 53.5 Å². The number of thiophene rings is 1. The van der Waals surface area contributed by atoms with Crippen LogP contribution in [-0.4, -0.2) is 47.6 Å². The van der Waals surface area contributed by atoms with Crippen molar-refractivity contribution in [3.63, 3.8) is 0 Å². The van der Waals surface area contributed by atoms with Crippen LogP contribution in [0.3, 0.4) is 0 Å². The predicted molar refractivity (Wildman–Crippen MR) is 125 cm³/mol. The third-order valence-electron chi connectivity index (χ3n) is 5.27. The molecule has 1 fully saturated rings. The summed E-state index contributed by atoms with van der Waals surface area (Å²) in [6.07, 6.45) is 0. The molecule has 3 heterocycles. The number of amides is 2. The van der Waals surface area contributed by atoms with Gasteiger partial charge in [-0.25, -0.2) is 0 Å². The van der Waals surface area contributed by atoms with E-state index in [1.54, 1.807) is 11.9 Å². The highest BCUT2D eigenvalue weighted by Crippen LogP contribution is 2.41. The van der Waals surface area contributed by atoms with Crippen LogP contribution in [0.5, 0.6) is 0 Å². The lowest BCUT2D eigenvalue weighted by Gasteiger charge is -2.27. The maximum atomic E-state index is 13.4. The molecule has 0 unspecified atom stereocenters. The molecule has 0 aliphatic carbocycles. The Hall–Kier alpha value is -2.32. The maximum absolute atomic E-state index is 13.4. The first-order valence-corrected chi connectivity index (χ1v) is 11.3. The number of rotatable bonds is 4.